The quantitative estimate of drug-likeness (QED) is 0.917. The first-order chi connectivity index (χ1) is 9.10. The average Bonchev–Trinajstić information content (AvgIpc) is 2.87. The Morgan fingerprint density at radius 3 is 2.95 bits per heavy atom. The van der Waals surface area contributed by atoms with E-state index in [4.69, 9.17) is 0 Å². The smallest absolute Gasteiger partial charge is 0.251 e. The lowest BCUT2D eigenvalue weighted by atomic mass is 10.2. The van der Waals surface area contributed by atoms with E-state index in [0.717, 1.165) is 11.4 Å². The monoisotopic (exact) mass is 277 g/mol. The first kappa shape index (κ1) is 13.5. The number of thiazole rings is 1. The molecule has 2 heterocycles. The highest BCUT2D eigenvalue weighted by Crippen LogP contribution is 2.12. The molecule has 2 aromatic heterocycles. The molecule has 100 valence electrons. The van der Waals surface area contributed by atoms with Crippen LogP contribution in [0.1, 0.15) is 27.2 Å². The Bertz CT molecular complexity index is 645. The molecule has 1 N–H and O–H groups in total. The Morgan fingerprint density at radius 1 is 1.53 bits per heavy atom. The zero-order valence-electron chi connectivity index (χ0n) is 10.8. The maximum absolute atomic E-state index is 11.9. The van der Waals surface area contributed by atoms with Crippen molar-refractivity contribution in [1.29, 1.82) is 0 Å². The van der Waals surface area contributed by atoms with Crippen molar-refractivity contribution in [2.45, 2.75) is 19.9 Å². The van der Waals surface area contributed by atoms with Gasteiger partial charge in [0.15, 0.2) is 0 Å². The van der Waals surface area contributed by atoms with Gasteiger partial charge in [-0.25, -0.2) is 4.98 Å². The fraction of sp³-hybridized carbons (Fsp3) is 0.308. The van der Waals surface area contributed by atoms with Crippen molar-refractivity contribution in [3.8, 4) is 0 Å². The van der Waals surface area contributed by atoms with Gasteiger partial charge in [-0.1, -0.05) is 6.92 Å². The van der Waals surface area contributed by atoms with Crippen LogP contribution in [0.4, 0.5) is 0 Å². The van der Waals surface area contributed by atoms with Crippen molar-refractivity contribution in [3.05, 3.63) is 50.3 Å². The molecule has 19 heavy (non-hydrogen) atoms. The highest BCUT2D eigenvalue weighted by Gasteiger charge is 2.08. The summed E-state index contributed by atoms with van der Waals surface area (Å²) in [5.41, 5.74) is 0.172. The summed E-state index contributed by atoms with van der Waals surface area (Å²) < 4.78 is 1.42. The minimum absolute atomic E-state index is 0.199. The second kappa shape index (κ2) is 5.79. The lowest BCUT2D eigenvalue weighted by molar-refractivity contribution is 0.0950. The number of nitrogens with one attached hydrogen (secondary N) is 1. The van der Waals surface area contributed by atoms with Crippen LogP contribution in [-0.2, 0) is 20.0 Å². The number of amides is 1. The van der Waals surface area contributed by atoms with Crippen LogP contribution in [0.5, 0.6) is 0 Å². The lowest BCUT2D eigenvalue weighted by Gasteiger charge is -2.03. The molecule has 0 atom stereocenters. The lowest BCUT2D eigenvalue weighted by Crippen LogP contribution is -2.25. The fourth-order valence-corrected chi connectivity index (χ4v) is 2.34. The Balaban J connectivity index is 2.01. The van der Waals surface area contributed by atoms with Gasteiger partial charge in [-0.2, -0.15) is 0 Å². The van der Waals surface area contributed by atoms with Crippen LogP contribution in [0, 0.1) is 0 Å². The molecule has 0 aromatic carbocycles. The van der Waals surface area contributed by atoms with E-state index in [9.17, 15) is 9.59 Å². The molecule has 0 aliphatic carbocycles. The Labute approximate surface area is 114 Å². The van der Waals surface area contributed by atoms with E-state index in [1.165, 1.54) is 15.5 Å². The number of rotatable bonds is 4. The Kier molecular flexibility index (Phi) is 4.11. The molecular formula is C13H15N3O2S. The van der Waals surface area contributed by atoms with Crippen molar-refractivity contribution in [1.82, 2.24) is 14.9 Å². The fourth-order valence-electron chi connectivity index (χ4n) is 1.54. The van der Waals surface area contributed by atoms with Crippen LogP contribution >= 0.6 is 11.3 Å². The number of carbonyl (C=O) groups excluding carboxylic acids is 1. The van der Waals surface area contributed by atoms with E-state index in [-0.39, 0.29) is 11.5 Å². The number of aromatic nitrogens is 2. The van der Waals surface area contributed by atoms with Gasteiger partial charge in [-0.15, -0.1) is 11.3 Å². The Hall–Kier alpha value is -1.95. The van der Waals surface area contributed by atoms with E-state index in [0.29, 0.717) is 12.1 Å². The predicted octanol–water partition coefficient (Wildman–Crippen LogP) is 1.33. The number of carbonyl (C=O) groups is 1. The van der Waals surface area contributed by atoms with Crippen molar-refractivity contribution in [3.63, 3.8) is 0 Å². The summed E-state index contributed by atoms with van der Waals surface area (Å²) in [5, 5.41) is 3.63. The van der Waals surface area contributed by atoms with Gasteiger partial charge in [-0.05, 0) is 12.5 Å². The van der Waals surface area contributed by atoms with E-state index >= 15 is 0 Å². The van der Waals surface area contributed by atoms with Crippen LogP contribution in [0.25, 0.3) is 0 Å². The first-order valence-corrected chi connectivity index (χ1v) is 6.80. The van der Waals surface area contributed by atoms with Gasteiger partial charge in [-0.3, -0.25) is 9.59 Å². The van der Waals surface area contributed by atoms with E-state index in [2.05, 4.69) is 17.2 Å². The zero-order valence-corrected chi connectivity index (χ0v) is 11.7. The van der Waals surface area contributed by atoms with Crippen molar-refractivity contribution < 1.29 is 4.79 Å². The average molecular weight is 277 g/mol. The summed E-state index contributed by atoms with van der Waals surface area (Å²) in [4.78, 5) is 28.7. The Morgan fingerprint density at radius 2 is 2.32 bits per heavy atom. The third-order valence-electron chi connectivity index (χ3n) is 2.72. The third-order valence-corrected chi connectivity index (χ3v) is 3.86. The van der Waals surface area contributed by atoms with Gasteiger partial charge in [0.25, 0.3) is 11.5 Å². The SMILES string of the molecule is CCc1cnc(CNC(=O)c2ccn(C)c(=O)c2)s1. The molecule has 0 radical (unpaired) electrons. The maximum atomic E-state index is 11.9. The van der Waals surface area contributed by atoms with Gasteiger partial charge < -0.3 is 9.88 Å². The maximum Gasteiger partial charge on any atom is 0.251 e. The number of hydrogen-bond acceptors (Lipinski definition) is 4. The molecule has 0 saturated carbocycles. The zero-order chi connectivity index (χ0) is 13.8. The second-order valence-electron chi connectivity index (χ2n) is 4.12. The third kappa shape index (κ3) is 3.29. The summed E-state index contributed by atoms with van der Waals surface area (Å²) in [6.07, 6.45) is 4.35. The summed E-state index contributed by atoms with van der Waals surface area (Å²) in [5.74, 6) is -0.258. The number of pyridine rings is 1. The minimum atomic E-state index is -0.258. The number of aryl methyl sites for hydroxylation is 2. The number of nitrogens with zero attached hydrogens (tertiary/aromatic N) is 2. The molecule has 0 bridgehead atoms. The second-order valence-corrected chi connectivity index (χ2v) is 5.32. The van der Waals surface area contributed by atoms with Gasteiger partial charge in [0.2, 0.25) is 0 Å². The van der Waals surface area contributed by atoms with Gasteiger partial charge in [0, 0.05) is 35.9 Å². The molecule has 0 aliphatic heterocycles. The topological polar surface area (TPSA) is 64.0 Å². The molecule has 0 fully saturated rings. The minimum Gasteiger partial charge on any atom is -0.346 e. The van der Waals surface area contributed by atoms with Crippen molar-refractivity contribution in [2.75, 3.05) is 0 Å². The molecule has 0 spiro atoms. The molecule has 6 heteroatoms. The summed E-state index contributed by atoms with van der Waals surface area (Å²) >= 11 is 1.58. The van der Waals surface area contributed by atoms with Crippen LogP contribution in [-0.4, -0.2) is 15.5 Å². The molecule has 0 aliphatic rings. The molecule has 1 amide bonds. The highest BCUT2D eigenvalue weighted by molar-refractivity contribution is 7.11. The number of hydrogen-bond donors (Lipinski definition) is 1. The molecule has 5 nitrogen and oxygen atoms in total. The molecule has 0 unspecified atom stereocenters. The largest absolute Gasteiger partial charge is 0.346 e. The molecule has 2 aromatic rings. The first-order valence-electron chi connectivity index (χ1n) is 5.98. The van der Waals surface area contributed by atoms with Crippen LogP contribution in [0.3, 0.4) is 0 Å². The summed E-state index contributed by atoms with van der Waals surface area (Å²) in [6, 6.07) is 2.95. The van der Waals surface area contributed by atoms with Crippen molar-refractivity contribution >= 4 is 17.2 Å². The normalized spacial score (nSPS) is 10.4. The van der Waals surface area contributed by atoms with Crippen LogP contribution < -0.4 is 10.9 Å². The van der Waals surface area contributed by atoms with E-state index in [1.807, 2.05) is 6.20 Å². The molecular weight excluding hydrogens is 262 g/mol. The molecule has 0 saturated heterocycles. The van der Waals surface area contributed by atoms with E-state index in [1.54, 1.807) is 30.6 Å². The standard InChI is InChI=1S/C13H15N3O2S/c1-3-10-7-14-11(19-10)8-15-13(18)9-4-5-16(2)12(17)6-9/h4-7H,3,8H2,1-2H3,(H,15,18). The van der Waals surface area contributed by atoms with Crippen molar-refractivity contribution in [2.24, 2.45) is 7.05 Å². The summed E-state index contributed by atoms with van der Waals surface area (Å²) in [7, 11) is 1.64. The van der Waals surface area contributed by atoms with Crippen LogP contribution in [0.15, 0.2) is 29.3 Å². The van der Waals surface area contributed by atoms with Gasteiger partial charge >= 0.3 is 0 Å². The van der Waals surface area contributed by atoms with Gasteiger partial charge in [0.1, 0.15) is 5.01 Å². The van der Waals surface area contributed by atoms with Crippen LogP contribution in [0.2, 0.25) is 0 Å². The highest BCUT2D eigenvalue weighted by atomic mass is 32.1. The summed E-state index contributed by atoms with van der Waals surface area (Å²) in [6.45, 7) is 2.45. The predicted molar refractivity (Wildman–Crippen MR) is 74.3 cm³/mol. The van der Waals surface area contributed by atoms with E-state index < -0.39 is 0 Å². The molecule has 2 rings (SSSR count). The van der Waals surface area contributed by atoms with Gasteiger partial charge in [0.05, 0.1) is 6.54 Å².